The van der Waals surface area contributed by atoms with Crippen molar-refractivity contribution >= 4 is 17.5 Å². The van der Waals surface area contributed by atoms with E-state index < -0.39 is 0 Å². The average Bonchev–Trinajstić information content (AvgIpc) is 2.70. The van der Waals surface area contributed by atoms with Crippen molar-refractivity contribution < 1.29 is 14.7 Å². The molecule has 1 fully saturated rings. The second-order valence-electron chi connectivity index (χ2n) is 6.63. The topological polar surface area (TPSA) is 93.4 Å². The van der Waals surface area contributed by atoms with Gasteiger partial charge in [0.2, 0.25) is 5.91 Å². The van der Waals surface area contributed by atoms with E-state index in [4.69, 9.17) is 5.26 Å². The quantitative estimate of drug-likeness (QED) is 0.872. The van der Waals surface area contributed by atoms with E-state index in [-0.39, 0.29) is 17.9 Å². The Morgan fingerprint density at radius 3 is 2.30 bits per heavy atom. The lowest BCUT2D eigenvalue weighted by molar-refractivity contribution is -0.132. The van der Waals surface area contributed by atoms with Gasteiger partial charge < -0.3 is 15.3 Å². The molecule has 1 aliphatic heterocycles. The number of nitrogens with zero attached hydrogens (tertiary/aromatic N) is 2. The molecule has 0 aliphatic carbocycles. The highest BCUT2D eigenvalue weighted by molar-refractivity contribution is 6.04. The highest BCUT2D eigenvalue weighted by Gasteiger charge is 2.21. The number of nitriles is 1. The van der Waals surface area contributed by atoms with Crippen LogP contribution in [0.5, 0.6) is 0 Å². The molecular weight excluding hydrogens is 342 g/mol. The summed E-state index contributed by atoms with van der Waals surface area (Å²) in [5.74, 6) is -0.202. The van der Waals surface area contributed by atoms with Crippen LogP contribution in [0.15, 0.2) is 48.5 Å². The number of nitrogens with one attached hydrogen (secondary N) is 1. The maximum atomic E-state index is 12.3. The SMILES string of the molecule is N#Cc1ccc(C(=O)Nc2ccc(CC(=O)N3CCC(O)CC3)cc2)cc1. The number of rotatable bonds is 4. The standard InChI is InChI=1S/C21H21N3O3/c22-14-16-1-5-17(6-2-16)21(27)23-18-7-3-15(4-8-18)13-20(26)24-11-9-19(25)10-12-24/h1-8,19,25H,9-13H2,(H,23,27). The fraction of sp³-hybridized carbons (Fsp3) is 0.286. The van der Waals surface area contributed by atoms with Gasteiger partial charge in [0.15, 0.2) is 0 Å². The summed E-state index contributed by atoms with van der Waals surface area (Å²) in [4.78, 5) is 26.3. The zero-order valence-electron chi connectivity index (χ0n) is 14.9. The number of carbonyl (C=O) groups excluding carboxylic acids is 2. The van der Waals surface area contributed by atoms with Gasteiger partial charge in [0.1, 0.15) is 0 Å². The zero-order chi connectivity index (χ0) is 19.2. The Morgan fingerprint density at radius 2 is 1.70 bits per heavy atom. The number of anilines is 1. The van der Waals surface area contributed by atoms with Crippen molar-refractivity contribution in [3.63, 3.8) is 0 Å². The molecule has 2 N–H and O–H groups in total. The molecule has 2 amide bonds. The normalized spacial score (nSPS) is 14.4. The van der Waals surface area contributed by atoms with Crippen molar-refractivity contribution in [3.05, 3.63) is 65.2 Å². The van der Waals surface area contributed by atoms with Crippen LogP contribution in [0.4, 0.5) is 5.69 Å². The van der Waals surface area contributed by atoms with Crippen molar-refractivity contribution in [3.8, 4) is 6.07 Å². The predicted octanol–water partition coefficient (Wildman–Crippen LogP) is 2.34. The molecule has 6 heteroatoms. The van der Waals surface area contributed by atoms with Gasteiger partial charge in [-0.2, -0.15) is 5.26 Å². The lowest BCUT2D eigenvalue weighted by Gasteiger charge is -2.29. The summed E-state index contributed by atoms with van der Waals surface area (Å²) in [6.45, 7) is 1.19. The Bertz CT molecular complexity index is 846. The van der Waals surface area contributed by atoms with Gasteiger partial charge in [0.25, 0.3) is 5.91 Å². The molecule has 0 bridgehead atoms. The number of piperidine rings is 1. The van der Waals surface area contributed by atoms with Crippen LogP contribution >= 0.6 is 0 Å². The smallest absolute Gasteiger partial charge is 0.255 e. The fourth-order valence-electron chi connectivity index (χ4n) is 3.01. The van der Waals surface area contributed by atoms with E-state index in [1.807, 2.05) is 18.2 Å². The molecule has 1 saturated heterocycles. The number of aliphatic hydroxyl groups excluding tert-OH is 1. The molecular formula is C21H21N3O3. The van der Waals surface area contributed by atoms with Gasteiger partial charge in [-0.3, -0.25) is 9.59 Å². The summed E-state index contributed by atoms with van der Waals surface area (Å²) in [5, 5.41) is 21.1. The lowest BCUT2D eigenvalue weighted by Crippen LogP contribution is -2.40. The Kier molecular flexibility index (Phi) is 5.84. The van der Waals surface area contributed by atoms with Gasteiger partial charge in [0, 0.05) is 24.3 Å². The number of amides is 2. The molecule has 27 heavy (non-hydrogen) atoms. The number of carbonyl (C=O) groups is 2. The third kappa shape index (κ3) is 4.93. The number of aliphatic hydroxyl groups is 1. The first-order valence-corrected chi connectivity index (χ1v) is 8.91. The van der Waals surface area contributed by atoms with E-state index in [1.54, 1.807) is 41.3 Å². The minimum atomic E-state index is -0.298. The van der Waals surface area contributed by atoms with E-state index >= 15 is 0 Å². The molecule has 138 valence electrons. The van der Waals surface area contributed by atoms with Crippen LogP contribution in [0.3, 0.4) is 0 Å². The number of hydrogen-bond acceptors (Lipinski definition) is 4. The molecule has 0 aromatic heterocycles. The van der Waals surface area contributed by atoms with Crippen LogP contribution in [0.2, 0.25) is 0 Å². The van der Waals surface area contributed by atoms with Crippen LogP contribution < -0.4 is 5.32 Å². The van der Waals surface area contributed by atoms with Gasteiger partial charge in [-0.1, -0.05) is 12.1 Å². The second kappa shape index (κ2) is 8.47. The predicted molar refractivity (Wildman–Crippen MR) is 101 cm³/mol. The van der Waals surface area contributed by atoms with Crippen LogP contribution in [0.1, 0.15) is 34.3 Å². The zero-order valence-corrected chi connectivity index (χ0v) is 14.9. The summed E-state index contributed by atoms with van der Waals surface area (Å²) in [5.41, 5.74) is 2.49. The maximum Gasteiger partial charge on any atom is 0.255 e. The summed E-state index contributed by atoms with van der Waals surface area (Å²) in [6, 6.07) is 15.6. The third-order valence-electron chi connectivity index (χ3n) is 4.66. The number of likely N-dealkylation sites (tertiary alicyclic amines) is 1. The molecule has 0 unspecified atom stereocenters. The van der Waals surface area contributed by atoms with Gasteiger partial charge in [-0.15, -0.1) is 0 Å². The first-order chi connectivity index (χ1) is 13.0. The maximum absolute atomic E-state index is 12.3. The molecule has 0 spiro atoms. The third-order valence-corrected chi connectivity index (χ3v) is 4.66. The van der Waals surface area contributed by atoms with Crippen LogP contribution in [-0.4, -0.2) is 41.0 Å². The minimum absolute atomic E-state index is 0.0521. The van der Waals surface area contributed by atoms with Crippen LogP contribution in [0, 0.1) is 11.3 Å². The minimum Gasteiger partial charge on any atom is -0.393 e. The van der Waals surface area contributed by atoms with Crippen molar-refractivity contribution in [2.24, 2.45) is 0 Å². The fourth-order valence-corrected chi connectivity index (χ4v) is 3.01. The Labute approximate surface area is 158 Å². The second-order valence-corrected chi connectivity index (χ2v) is 6.63. The molecule has 2 aromatic carbocycles. The Hall–Kier alpha value is -3.17. The van der Waals surface area contributed by atoms with E-state index in [2.05, 4.69) is 5.32 Å². The summed E-state index contributed by atoms with van der Waals surface area (Å²) < 4.78 is 0. The van der Waals surface area contributed by atoms with Crippen molar-refractivity contribution in [1.82, 2.24) is 4.90 Å². The van der Waals surface area contributed by atoms with Crippen molar-refractivity contribution in [2.75, 3.05) is 18.4 Å². The van der Waals surface area contributed by atoms with E-state index in [9.17, 15) is 14.7 Å². The van der Waals surface area contributed by atoms with Crippen LogP contribution in [-0.2, 0) is 11.2 Å². The highest BCUT2D eigenvalue weighted by Crippen LogP contribution is 2.15. The molecule has 2 aromatic rings. The van der Waals surface area contributed by atoms with Crippen molar-refractivity contribution in [2.45, 2.75) is 25.4 Å². The van der Waals surface area contributed by atoms with Crippen molar-refractivity contribution in [1.29, 1.82) is 5.26 Å². The summed E-state index contributed by atoms with van der Waals surface area (Å²) in [6.07, 6.45) is 1.27. The molecule has 0 atom stereocenters. The molecule has 1 aliphatic rings. The molecule has 1 heterocycles. The number of hydrogen-bond donors (Lipinski definition) is 2. The van der Waals surface area contributed by atoms with Gasteiger partial charge in [-0.05, 0) is 54.8 Å². The lowest BCUT2D eigenvalue weighted by atomic mass is 10.1. The largest absolute Gasteiger partial charge is 0.393 e. The van der Waals surface area contributed by atoms with E-state index in [1.165, 1.54) is 0 Å². The van der Waals surface area contributed by atoms with Crippen LogP contribution in [0.25, 0.3) is 0 Å². The average molecular weight is 363 g/mol. The summed E-state index contributed by atoms with van der Waals surface area (Å²) >= 11 is 0. The Balaban J connectivity index is 1.55. The monoisotopic (exact) mass is 363 g/mol. The van der Waals surface area contributed by atoms with Gasteiger partial charge in [-0.25, -0.2) is 0 Å². The Morgan fingerprint density at radius 1 is 1.07 bits per heavy atom. The van der Waals surface area contributed by atoms with E-state index in [0.717, 1.165) is 5.56 Å². The summed E-state index contributed by atoms with van der Waals surface area (Å²) in [7, 11) is 0. The highest BCUT2D eigenvalue weighted by atomic mass is 16.3. The first kappa shape index (κ1) is 18.6. The number of benzene rings is 2. The van der Waals surface area contributed by atoms with E-state index in [0.29, 0.717) is 49.2 Å². The molecule has 0 saturated carbocycles. The molecule has 6 nitrogen and oxygen atoms in total. The van der Waals surface area contributed by atoms with Gasteiger partial charge in [0.05, 0.1) is 24.2 Å². The first-order valence-electron chi connectivity index (χ1n) is 8.91. The molecule has 0 radical (unpaired) electrons. The molecule has 3 rings (SSSR count). The van der Waals surface area contributed by atoms with Gasteiger partial charge >= 0.3 is 0 Å².